The summed E-state index contributed by atoms with van der Waals surface area (Å²) in [7, 11) is 2.18. The van der Waals surface area contributed by atoms with Crippen molar-refractivity contribution in [1.82, 2.24) is 19.9 Å². The van der Waals surface area contributed by atoms with E-state index in [1.165, 1.54) is 35.0 Å². The average Bonchev–Trinajstić information content (AvgIpc) is 3.30. The Balaban J connectivity index is 1.27. The highest BCUT2D eigenvalue weighted by atomic mass is 32.1. The fourth-order valence-corrected chi connectivity index (χ4v) is 5.49. The number of thiazole rings is 1. The first kappa shape index (κ1) is 18.1. The molecule has 0 amide bonds. The molecule has 2 aromatic heterocycles. The first-order chi connectivity index (χ1) is 13.7. The molecule has 1 aliphatic carbocycles. The highest BCUT2D eigenvalue weighted by molar-refractivity contribution is 7.15. The van der Waals surface area contributed by atoms with E-state index >= 15 is 0 Å². The maximum Gasteiger partial charge on any atom is 0.227 e. The number of hydrogen-bond acceptors (Lipinski definition) is 8. The van der Waals surface area contributed by atoms with Gasteiger partial charge in [0.25, 0.3) is 0 Å². The zero-order chi connectivity index (χ0) is 19.1. The molecular formula is C20H29N7S. The van der Waals surface area contributed by atoms with Crippen molar-refractivity contribution in [3.05, 3.63) is 22.3 Å². The summed E-state index contributed by atoms with van der Waals surface area (Å²) in [5, 5.41) is 1.22. The van der Waals surface area contributed by atoms with Crippen molar-refractivity contribution in [2.75, 3.05) is 74.1 Å². The van der Waals surface area contributed by atoms with Crippen LogP contribution in [0.2, 0.25) is 0 Å². The standard InChI is InChI=1S/C20H29N7S/c1-15-14-18(23-19(21-15)26-8-6-24(2)7-9-26)25-10-12-27(13-11-25)20-22-16-4-3-5-17(16)28-20/h14H,3-13H2,1-2H3. The van der Waals surface area contributed by atoms with Crippen molar-refractivity contribution in [3.63, 3.8) is 0 Å². The summed E-state index contributed by atoms with van der Waals surface area (Å²) in [6.45, 7) is 10.2. The fourth-order valence-electron chi connectivity index (χ4n) is 4.29. The lowest BCUT2D eigenvalue weighted by Gasteiger charge is -2.36. The van der Waals surface area contributed by atoms with Crippen molar-refractivity contribution in [2.45, 2.75) is 26.2 Å². The van der Waals surface area contributed by atoms with Crippen LogP contribution in [-0.4, -0.2) is 79.3 Å². The smallest absolute Gasteiger partial charge is 0.227 e. The third kappa shape index (κ3) is 3.55. The molecule has 0 N–H and O–H groups in total. The van der Waals surface area contributed by atoms with Crippen LogP contribution in [0.4, 0.5) is 16.9 Å². The number of rotatable bonds is 3. The largest absolute Gasteiger partial charge is 0.353 e. The number of anilines is 3. The molecule has 2 aromatic rings. The second kappa shape index (κ2) is 7.48. The Hall–Kier alpha value is -1.93. The van der Waals surface area contributed by atoms with Gasteiger partial charge in [-0.25, -0.2) is 9.97 Å². The second-order valence-electron chi connectivity index (χ2n) is 8.15. The van der Waals surface area contributed by atoms with Crippen LogP contribution in [-0.2, 0) is 12.8 Å². The quantitative estimate of drug-likeness (QED) is 0.780. The average molecular weight is 400 g/mol. The Labute approximate surface area is 171 Å². The van der Waals surface area contributed by atoms with Crippen molar-refractivity contribution >= 4 is 28.2 Å². The minimum atomic E-state index is 0.891. The molecule has 0 bridgehead atoms. The Bertz CT molecular complexity index is 814. The van der Waals surface area contributed by atoms with Gasteiger partial charge in [0.1, 0.15) is 5.82 Å². The minimum Gasteiger partial charge on any atom is -0.353 e. The molecule has 0 spiro atoms. The van der Waals surface area contributed by atoms with Crippen molar-refractivity contribution in [3.8, 4) is 0 Å². The molecule has 2 fully saturated rings. The van der Waals surface area contributed by atoms with Crippen LogP contribution in [0.15, 0.2) is 6.07 Å². The number of aryl methyl sites for hydroxylation is 3. The normalized spacial score (nSPS) is 20.7. The number of piperazine rings is 2. The van der Waals surface area contributed by atoms with Crippen LogP contribution in [0.1, 0.15) is 22.7 Å². The topological polar surface area (TPSA) is 51.6 Å². The number of aromatic nitrogens is 3. The summed E-state index contributed by atoms with van der Waals surface area (Å²) in [6, 6.07) is 2.13. The van der Waals surface area contributed by atoms with Crippen LogP contribution in [0.3, 0.4) is 0 Å². The molecule has 4 heterocycles. The Kier molecular flexibility index (Phi) is 4.84. The maximum absolute atomic E-state index is 4.94. The van der Waals surface area contributed by atoms with Gasteiger partial charge in [0.05, 0.1) is 5.69 Å². The zero-order valence-electron chi connectivity index (χ0n) is 16.9. The lowest BCUT2D eigenvalue weighted by molar-refractivity contribution is 0.311. The molecule has 0 unspecified atom stereocenters. The maximum atomic E-state index is 4.94. The van der Waals surface area contributed by atoms with Gasteiger partial charge >= 0.3 is 0 Å². The summed E-state index contributed by atoms with van der Waals surface area (Å²) in [5.41, 5.74) is 2.41. The van der Waals surface area contributed by atoms with Crippen LogP contribution in [0, 0.1) is 6.92 Å². The molecule has 0 atom stereocenters. The zero-order valence-corrected chi connectivity index (χ0v) is 17.7. The van der Waals surface area contributed by atoms with Crippen molar-refractivity contribution in [2.24, 2.45) is 0 Å². The van der Waals surface area contributed by atoms with Gasteiger partial charge in [0.2, 0.25) is 5.95 Å². The van der Waals surface area contributed by atoms with Gasteiger partial charge in [0.15, 0.2) is 5.13 Å². The van der Waals surface area contributed by atoms with Crippen molar-refractivity contribution in [1.29, 1.82) is 0 Å². The summed E-state index contributed by atoms with van der Waals surface area (Å²) in [6.07, 6.45) is 3.67. The van der Waals surface area contributed by atoms with Gasteiger partial charge in [0, 0.05) is 69.0 Å². The third-order valence-corrected chi connectivity index (χ3v) is 7.29. The highest BCUT2D eigenvalue weighted by Gasteiger charge is 2.25. The van der Waals surface area contributed by atoms with E-state index in [4.69, 9.17) is 15.0 Å². The molecule has 150 valence electrons. The van der Waals surface area contributed by atoms with Crippen LogP contribution < -0.4 is 14.7 Å². The summed E-state index contributed by atoms with van der Waals surface area (Å²) in [4.78, 5) is 25.6. The molecule has 0 saturated carbocycles. The van der Waals surface area contributed by atoms with Crippen LogP contribution in [0.25, 0.3) is 0 Å². The van der Waals surface area contributed by atoms with E-state index in [0.29, 0.717) is 0 Å². The fraction of sp³-hybridized carbons (Fsp3) is 0.650. The lowest BCUT2D eigenvalue weighted by Crippen LogP contribution is -2.47. The number of likely N-dealkylation sites (N-methyl/N-ethyl adjacent to an activating group) is 1. The Morgan fingerprint density at radius 2 is 1.54 bits per heavy atom. The monoisotopic (exact) mass is 399 g/mol. The van der Waals surface area contributed by atoms with E-state index in [9.17, 15) is 0 Å². The highest BCUT2D eigenvalue weighted by Crippen LogP contribution is 2.33. The second-order valence-corrected chi connectivity index (χ2v) is 9.21. The molecule has 3 aliphatic rings. The molecule has 0 aromatic carbocycles. The van der Waals surface area contributed by atoms with E-state index in [0.717, 1.165) is 69.8 Å². The number of fused-ring (bicyclic) bond motifs is 1. The Morgan fingerprint density at radius 1 is 0.821 bits per heavy atom. The van der Waals surface area contributed by atoms with E-state index in [1.54, 1.807) is 0 Å². The van der Waals surface area contributed by atoms with E-state index in [-0.39, 0.29) is 0 Å². The molecule has 2 aliphatic heterocycles. The van der Waals surface area contributed by atoms with Gasteiger partial charge in [-0.15, -0.1) is 11.3 Å². The summed E-state index contributed by atoms with van der Waals surface area (Å²) >= 11 is 1.91. The van der Waals surface area contributed by atoms with E-state index < -0.39 is 0 Å². The molecule has 8 heteroatoms. The minimum absolute atomic E-state index is 0.891. The molecule has 28 heavy (non-hydrogen) atoms. The lowest BCUT2D eigenvalue weighted by atomic mass is 10.3. The van der Waals surface area contributed by atoms with Crippen LogP contribution >= 0.6 is 11.3 Å². The SMILES string of the molecule is Cc1cc(N2CCN(c3nc4c(s3)CCC4)CC2)nc(N2CCN(C)CC2)n1. The molecule has 5 rings (SSSR count). The third-order valence-electron chi connectivity index (χ3n) is 6.07. The molecule has 0 radical (unpaired) electrons. The number of nitrogens with zero attached hydrogens (tertiary/aromatic N) is 7. The van der Waals surface area contributed by atoms with Crippen molar-refractivity contribution < 1.29 is 0 Å². The van der Waals surface area contributed by atoms with Gasteiger partial charge in [-0.3, -0.25) is 0 Å². The predicted molar refractivity (Wildman–Crippen MR) is 115 cm³/mol. The predicted octanol–water partition coefficient (Wildman–Crippen LogP) is 1.81. The van der Waals surface area contributed by atoms with Gasteiger partial charge in [-0.2, -0.15) is 4.98 Å². The Morgan fingerprint density at radius 3 is 2.29 bits per heavy atom. The first-order valence-electron chi connectivity index (χ1n) is 10.4. The summed E-state index contributed by atoms with van der Waals surface area (Å²) in [5.74, 6) is 1.96. The van der Waals surface area contributed by atoms with E-state index in [1.807, 2.05) is 11.3 Å². The van der Waals surface area contributed by atoms with Gasteiger partial charge in [-0.1, -0.05) is 0 Å². The van der Waals surface area contributed by atoms with Crippen LogP contribution in [0.5, 0.6) is 0 Å². The molecule has 7 nitrogen and oxygen atoms in total. The summed E-state index contributed by atoms with van der Waals surface area (Å²) < 4.78 is 0. The van der Waals surface area contributed by atoms with Gasteiger partial charge in [-0.05, 0) is 33.2 Å². The number of hydrogen-bond donors (Lipinski definition) is 0. The van der Waals surface area contributed by atoms with Gasteiger partial charge < -0.3 is 19.6 Å². The molecule has 2 saturated heterocycles. The first-order valence-corrected chi connectivity index (χ1v) is 11.2. The van der Waals surface area contributed by atoms with E-state index in [2.05, 4.69) is 39.6 Å². The molecular weight excluding hydrogens is 370 g/mol.